The Hall–Kier alpha value is -3.96. The van der Waals surface area contributed by atoms with Gasteiger partial charge in [-0.25, -0.2) is 22.2 Å². The average molecular weight is 527 g/mol. The molecule has 36 heavy (non-hydrogen) atoms. The van der Waals surface area contributed by atoms with Gasteiger partial charge in [-0.3, -0.25) is 14.5 Å². The lowest BCUT2D eigenvalue weighted by Gasteiger charge is -2.23. The highest BCUT2D eigenvalue weighted by Crippen LogP contribution is 2.45. The number of benzene rings is 3. The summed E-state index contributed by atoms with van der Waals surface area (Å²) in [6.07, 6.45) is 1.05. The highest BCUT2D eigenvalue weighted by Gasteiger charge is 2.49. The van der Waals surface area contributed by atoms with Crippen molar-refractivity contribution < 1.29 is 31.9 Å². The van der Waals surface area contributed by atoms with Crippen molar-refractivity contribution in [1.29, 1.82) is 0 Å². The van der Waals surface area contributed by atoms with E-state index in [0.717, 1.165) is 34.6 Å². The Morgan fingerprint density at radius 2 is 1.75 bits per heavy atom. The van der Waals surface area contributed by atoms with Gasteiger partial charge in [-0.15, -0.1) is 0 Å². The number of thiazole rings is 1. The Kier molecular flexibility index (Phi) is 5.68. The molecule has 4 aromatic rings. The molecular weight excluding hydrogens is 510 g/mol. The third-order valence-corrected chi connectivity index (χ3v) is 7.86. The highest BCUT2D eigenvalue weighted by atomic mass is 32.2. The fourth-order valence-electron chi connectivity index (χ4n) is 4.03. The molecule has 0 saturated carbocycles. The number of aromatic nitrogens is 1. The molecule has 0 radical (unpaired) electrons. The largest absolute Gasteiger partial charge is 0.507 e. The summed E-state index contributed by atoms with van der Waals surface area (Å²) in [5.74, 6) is -4.54. The minimum atomic E-state index is -3.52. The van der Waals surface area contributed by atoms with E-state index in [4.69, 9.17) is 0 Å². The molecule has 1 amide bonds. The number of carbonyl (C=O) groups excluding carboxylic acids is 2. The topological polar surface area (TPSA) is 105 Å². The average Bonchev–Trinajstić information content (AvgIpc) is 3.36. The van der Waals surface area contributed by atoms with Crippen LogP contribution in [0.5, 0.6) is 0 Å². The lowest BCUT2D eigenvalue weighted by molar-refractivity contribution is -0.132. The van der Waals surface area contributed by atoms with Gasteiger partial charge in [0, 0.05) is 23.4 Å². The fourth-order valence-corrected chi connectivity index (χ4v) is 5.78. The van der Waals surface area contributed by atoms with Gasteiger partial charge in [0.2, 0.25) is 0 Å². The zero-order valence-electron chi connectivity index (χ0n) is 18.5. The quantitative estimate of drug-likeness (QED) is 0.237. The molecule has 11 heteroatoms. The van der Waals surface area contributed by atoms with E-state index in [2.05, 4.69) is 4.98 Å². The Balaban J connectivity index is 1.75. The SMILES string of the molecule is CS(=O)(=O)c1ccc2nc(N3C(=O)C(=O)C(=C(O)c4ccccc4)C3c3ccc(F)cc3F)sc2c1. The molecule has 3 aromatic carbocycles. The number of fused-ring (bicyclic) bond motifs is 1. The van der Waals surface area contributed by atoms with Crippen LogP contribution in [0.25, 0.3) is 16.0 Å². The lowest BCUT2D eigenvalue weighted by Crippen LogP contribution is -2.29. The molecule has 182 valence electrons. The Morgan fingerprint density at radius 1 is 1.03 bits per heavy atom. The molecule has 0 bridgehead atoms. The van der Waals surface area contributed by atoms with Gasteiger partial charge in [-0.2, -0.15) is 0 Å². The zero-order chi connectivity index (χ0) is 25.8. The zero-order valence-corrected chi connectivity index (χ0v) is 20.1. The minimum absolute atomic E-state index is 0.0152. The lowest BCUT2D eigenvalue weighted by atomic mass is 9.95. The van der Waals surface area contributed by atoms with E-state index in [1.54, 1.807) is 18.2 Å². The standard InChI is InChI=1S/C25H16F2N2O5S2/c1-36(33,34)15-8-10-18-19(12-15)35-25(28-18)29-21(16-9-7-14(26)11-17(16)27)20(23(31)24(29)32)22(30)13-5-3-2-4-6-13/h2-12,21,30H,1H3. The maximum Gasteiger partial charge on any atom is 0.301 e. The summed E-state index contributed by atoms with van der Waals surface area (Å²) in [5, 5.41) is 11.0. The number of ketones is 1. The third-order valence-electron chi connectivity index (χ3n) is 5.73. The van der Waals surface area contributed by atoms with E-state index in [0.29, 0.717) is 16.3 Å². The van der Waals surface area contributed by atoms with Crippen LogP contribution in [0.1, 0.15) is 17.2 Å². The van der Waals surface area contributed by atoms with E-state index in [1.807, 2.05) is 0 Å². The van der Waals surface area contributed by atoms with Crippen molar-refractivity contribution in [2.45, 2.75) is 10.9 Å². The summed E-state index contributed by atoms with van der Waals surface area (Å²) in [6, 6.07) is 13.4. The van der Waals surface area contributed by atoms with Crippen LogP contribution >= 0.6 is 11.3 Å². The first-order valence-corrected chi connectivity index (χ1v) is 13.2. The van der Waals surface area contributed by atoms with E-state index < -0.39 is 45.0 Å². The molecule has 1 aromatic heterocycles. The number of sulfone groups is 1. The Labute approximate surface area is 207 Å². The summed E-state index contributed by atoms with van der Waals surface area (Å²) in [5.41, 5.74) is -0.0206. The second-order valence-corrected chi connectivity index (χ2v) is 11.1. The molecule has 1 atom stereocenters. The highest BCUT2D eigenvalue weighted by molar-refractivity contribution is 7.90. The predicted molar refractivity (Wildman–Crippen MR) is 130 cm³/mol. The van der Waals surface area contributed by atoms with Gasteiger partial charge >= 0.3 is 5.91 Å². The minimum Gasteiger partial charge on any atom is -0.507 e. The molecule has 5 rings (SSSR count). The number of anilines is 1. The number of nitrogens with zero attached hydrogens (tertiary/aromatic N) is 2. The number of hydrogen-bond acceptors (Lipinski definition) is 7. The normalized spacial score (nSPS) is 17.8. The van der Waals surface area contributed by atoms with Crippen molar-refractivity contribution in [2.75, 3.05) is 11.2 Å². The number of Topliss-reactive ketones (excluding diaryl/α,β-unsaturated/α-hetero) is 1. The van der Waals surface area contributed by atoms with E-state index in [-0.39, 0.29) is 26.7 Å². The predicted octanol–water partition coefficient (Wildman–Crippen LogP) is 4.60. The van der Waals surface area contributed by atoms with Crippen LogP contribution in [0.3, 0.4) is 0 Å². The summed E-state index contributed by atoms with van der Waals surface area (Å²) >= 11 is 0.924. The molecule has 1 saturated heterocycles. The number of aliphatic hydroxyl groups excluding tert-OH is 1. The van der Waals surface area contributed by atoms with Crippen LogP contribution in [-0.4, -0.2) is 36.5 Å². The van der Waals surface area contributed by atoms with E-state index >= 15 is 0 Å². The van der Waals surface area contributed by atoms with Gasteiger partial charge in [0.05, 0.1) is 20.7 Å². The molecule has 1 aliphatic rings. The van der Waals surface area contributed by atoms with Crippen molar-refractivity contribution in [2.24, 2.45) is 0 Å². The van der Waals surface area contributed by atoms with Crippen LogP contribution < -0.4 is 4.90 Å². The van der Waals surface area contributed by atoms with Gasteiger partial charge in [-0.05, 0) is 24.3 Å². The fraction of sp³-hybridized carbons (Fsp3) is 0.0800. The van der Waals surface area contributed by atoms with Crippen molar-refractivity contribution in [3.8, 4) is 0 Å². The smallest absolute Gasteiger partial charge is 0.301 e. The maximum atomic E-state index is 15.0. The number of carbonyl (C=O) groups is 2. The van der Waals surface area contributed by atoms with Gasteiger partial charge in [-0.1, -0.05) is 47.7 Å². The van der Waals surface area contributed by atoms with Gasteiger partial charge < -0.3 is 5.11 Å². The van der Waals surface area contributed by atoms with Crippen LogP contribution in [0.15, 0.2) is 77.2 Å². The number of rotatable bonds is 4. The van der Waals surface area contributed by atoms with Gasteiger partial charge in [0.15, 0.2) is 15.0 Å². The molecule has 0 aliphatic carbocycles. The molecule has 1 aliphatic heterocycles. The molecule has 2 heterocycles. The molecule has 7 nitrogen and oxygen atoms in total. The summed E-state index contributed by atoms with van der Waals surface area (Å²) in [4.78, 5) is 31.7. The first-order chi connectivity index (χ1) is 17.1. The van der Waals surface area contributed by atoms with Crippen LogP contribution in [0, 0.1) is 11.6 Å². The Bertz CT molecular complexity index is 1700. The Morgan fingerprint density at radius 3 is 2.42 bits per heavy atom. The van der Waals surface area contributed by atoms with Crippen molar-refractivity contribution in [3.63, 3.8) is 0 Å². The third kappa shape index (κ3) is 3.95. The second kappa shape index (κ2) is 8.61. The number of halogens is 2. The molecule has 1 N–H and O–H groups in total. The molecule has 1 unspecified atom stereocenters. The second-order valence-electron chi connectivity index (χ2n) is 8.10. The van der Waals surface area contributed by atoms with Crippen LogP contribution in [0.2, 0.25) is 0 Å². The van der Waals surface area contributed by atoms with E-state index in [1.165, 1.54) is 30.3 Å². The monoisotopic (exact) mass is 526 g/mol. The number of hydrogen-bond donors (Lipinski definition) is 1. The maximum absolute atomic E-state index is 15.0. The number of aliphatic hydroxyl groups is 1. The molecular formula is C25H16F2N2O5S2. The molecule has 1 fully saturated rings. The number of amides is 1. The molecule has 0 spiro atoms. The van der Waals surface area contributed by atoms with Gasteiger partial charge in [0.1, 0.15) is 23.4 Å². The summed E-state index contributed by atoms with van der Waals surface area (Å²) in [6.45, 7) is 0. The van der Waals surface area contributed by atoms with Crippen molar-refractivity contribution >= 4 is 54.0 Å². The van der Waals surface area contributed by atoms with Crippen molar-refractivity contribution in [1.82, 2.24) is 4.98 Å². The first-order valence-electron chi connectivity index (χ1n) is 10.5. The first kappa shape index (κ1) is 23.8. The summed E-state index contributed by atoms with van der Waals surface area (Å²) < 4.78 is 53.0. The van der Waals surface area contributed by atoms with Gasteiger partial charge in [0.25, 0.3) is 5.78 Å². The van der Waals surface area contributed by atoms with E-state index in [9.17, 15) is 31.9 Å². The van der Waals surface area contributed by atoms with Crippen LogP contribution in [0.4, 0.5) is 13.9 Å². The van der Waals surface area contributed by atoms with Crippen molar-refractivity contribution in [3.05, 3.63) is 95.1 Å². The van der Waals surface area contributed by atoms with Crippen LogP contribution in [-0.2, 0) is 19.4 Å². The summed E-state index contributed by atoms with van der Waals surface area (Å²) in [7, 11) is -3.52.